The van der Waals surface area contributed by atoms with E-state index in [9.17, 15) is 14.4 Å². The van der Waals surface area contributed by atoms with Crippen LogP contribution in [-0.2, 0) is 14.4 Å². The first-order valence-corrected chi connectivity index (χ1v) is 7.78. The number of rotatable bonds is 1. The molecule has 0 aliphatic carbocycles. The summed E-state index contributed by atoms with van der Waals surface area (Å²) < 4.78 is 0. The fourth-order valence-electron chi connectivity index (χ4n) is 3.18. The van der Waals surface area contributed by atoms with Gasteiger partial charge in [-0.15, -0.1) is 0 Å². The Bertz CT molecular complexity index is 801. The third-order valence-corrected chi connectivity index (χ3v) is 4.15. The normalized spacial score (nSPS) is 17.2. The fraction of sp³-hybridized carbons (Fsp3) is 0.211. The Kier molecular flexibility index (Phi) is 4.16. The maximum absolute atomic E-state index is 12.7. The van der Waals surface area contributed by atoms with Crippen LogP contribution in [0.5, 0.6) is 0 Å². The Balaban J connectivity index is 2.23. The highest BCUT2D eigenvalue weighted by Gasteiger charge is 2.36. The SMILES string of the molecule is CC(=O)N1C(=O)C[C@@H](c2ccccc2)N(C(C)=O)c2ccccc21. The minimum absolute atomic E-state index is 0.0534. The van der Waals surface area contributed by atoms with Crippen molar-refractivity contribution in [1.82, 2.24) is 0 Å². The van der Waals surface area contributed by atoms with Crippen molar-refractivity contribution in [2.75, 3.05) is 9.80 Å². The van der Waals surface area contributed by atoms with Gasteiger partial charge in [0.15, 0.2) is 0 Å². The number of para-hydroxylation sites is 2. The van der Waals surface area contributed by atoms with Crippen LogP contribution in [0.15, 0.2) is 54.6 Å². The topological polar surface area (TPSA) is 57.7 Å². The van der Waals surface area contributed by atoms with Crippen LogP contribution in [0.2, 0.25) is 0 Å². The molecule has 0 spiro atoms. The van der Waals surface area contributed by atoms with Gasteiger partial charge in [0.05, 0.1) is 23.8 Å². The lowest BCUT2D eigenvalue weighted by Crippen LogP contribution is -2.35. The summed E-state index contributed by atoms with van der Waals surface area (Å²) in [4.78, 5) is 39.9. The number of hydrogen-bond acceptors (Lipinski definition) is 3. The smallest absolute Gasteiger partial charge is 0.236 e. The van der Waals surface area contributed by atoms with Crippen molar-refractivity contribution in [2.24, 2.45) is 0 Å². The molecule has 1 aliphatic heterocycles. The quantitative estimate of drug-likeness (QED) is 0.811. The van der Waals surface area contributed by atoms with E-state index in [0.717, 1.165) is 10.5 Å². The second kappa shape index (κ2) is 6.28. The minimum Gasteiger partial charge on any atom is -0.303 e. The minimum atomic E-state index is -0.443. The number of fused-ring (bicyclic) bond motifs is 1. The monoisotopic (exact) mass is 322 g/mol. The summed E-state index contributed by atoms with van der Waals surface area (Å²) in [6, 6.07) is 16.0. The molecule has 3 amide bonds. The molecule has 0 saturated carbocycles. The van der Waals surface area contributed by atoms with E-state index in [4.69, 9.17) is 0 Å². The van der Waals surface area contributed by atoms with Gasteiger partial charge in [-0.2, -0.15) is 0 Å². The molecule has 2 aromatic carbocycles. The summed E-state index contributed by atoms with van der Waals surface area (Å²) in [7, 11) is 0. The Morgan fingerprint density at radius 1 is 0.875 bits per heavy atom. The number of amides is 3. The summed E-state index contributed by atoms with van der Waals surface area (Å²) in [5, 5.41) is 0. The molecule has 1 heterocycles. The molecule has 122 valence electrons. The predicted molar refractivity (Wildman–Crippen MR) is 91.6 cm³/mol. The van der Waals surface area contributed by atoms with Gasteiger partial charge < -0.3 is 4.90 Å². The van der Waals surface area contributed by atoms with E-state index in [2.05, 4.69) is 0 Å². The lowest BCUT2D eigenvalue weighted by molar-refractivity contribution is -0.125. The second-order valence-electron chi connectivity index (χ2n) is 5.76. The maximum atomic E-state index is 12.7. The van der Waals surface area contributed by atoms with Crippen LogP contribution >= 0.6 is 0 Å². The highest BCUT2D eigenvalue weighted by Crippen LogP contribution is 2.40. The van der Waals surface area contributed by atoms with Crippen LogP contribution < -0.4 is 9.80 Å². The van der Waals surface area contributed by atoms with E-state index in [1.54, 1.807) is 29.2 Å². The lowest BCUT2D eigenvalue weighted by Gasteiger charge is -2.29. The number of hydrogen-bond donors (Lipinski definition) is 0. The molecule has 0 unspecified atom stereocenters. The maximum Gasteiger partial charge on any atom is 0.236 e. The van der Waals surface area contributed by atoms with Crippen molar-refractivity contribution in [2.45, 2.75) is 26.3 Å². The van der Waals surface area contributed by atoms with Crippen LogP contribution in [0.1, 0.15) is 31.9 Å². The molecule has 5 nitrogen and oxygen atoms in total. The fourth-order valence-corrected chi connectivity index (χ4v) is 3.18. The predicted octanol–water partition coefficient (Wildman–Crippen LogP) is 3.06. The number of benzene rings is 2. The van der Waals surface area contributed by atoms with Crippen molar-refractivity contribution in [3.8, 4) is 0 Å². The molecule has 0 bridgehead atoms. The van der Waals surface area contributed by atoms with Gasteiger partial charge in [0, 0.05) is 13.8 Å². The van der Waals surface area contributed by atoms with E-state index in [-0.39, 0.29) is 24.1 Å². The van der Waals surface area contributed by atoms with E-state index in [1.165, 1.54) is 13.8 Å². The number of imide groups is 1. The highest BCUT2D eigenvalue weighted by atomic mass is 16.2. The van der Waals surface area contributed by atoms with Gasteiger partial charge in [-0.05, 0) is 17.7 Å². The molecule has 0 saturated heterocycles. The van der Waals surface area contributed by atoms with Gasteiger partial charge in [-0.25, -0.2) is 4.90 Å². The molecular weight excluding hydrogens is 304 g/mol. The average molecular weight is 322 g/mol. The van der Waals surface area contributed by atoms with Gasteiger partial charge in [-0.1, -0.05) is 42.5 Å². The molecule has 5 heteroatoms. The van der Waals surface area contributed by atoms with Gasteiger partial charge >= 0.3 is 0 Å². The van der Waals surface area contributed by atoms with Crippen LogP contribution in [0, 0.1) is 0 Å². The summed E-state index contributed by atoms with van der Waals surface area (Å²) >= 11 is 0. The number of carbonyl (C=O) groups is 3. The van der Waals surface area contributed by atoms with E-state index >= 15 is 0 Å². The summed E-state index contributed by atoms with van der Waals surface area (Å²) in [5.41, 5.74) is 1.88. The molecule has 1 aliphatic rings. The van der Waals surface area contributed by atoms with Crippen molar-refractivity contribution in [1.29, 1.82) is 0 Å². The van der Waals surface area contributed by atoms with Gasteiger partial charge in [-0.3, -0.25) is 14.4 Å². The Morgan fingerprint density at radius 3 is 2.04 bits per heavy atom. The highest BCUT2D eigenvalue weighted by molar-refractivity contribution is 6.18. The largest absolute Gasteiger partial charge is 0.303 e. The van der Waals surface area contributed by atoms with E-state index in [0.29, 0.717) is 11.4 Å². The van der Waals surface area contributed by atoms with Crippen molar-refractivity contribution in [3.05, 3.63) is 60.2 Å². The molecule has 3 rings (SSSR count). The third kappa shape index (κ3) is 2.69. The van der Waals surface area contributed by atoms with Crippen molar-refractivity contribution >= 4 is 29.1 Å². The van der Waals surface area contributed by atoms with Gasteiger partial charge in [0.2, 0.25) is 17.7 Å². The van der Waals surface area contributed by atoms with Gasteiger partial charge in [0.25, 0.3) is 0 Å². The Hall–Kier alpha value is -2.95. The first-order valence-electron chi connectivity index (χ1n) is 7.78. The van der Waals surface area contributed by atoms with Crippen LogP contribution in [-0.4, -0.2) is 17.7 Å². The first-order chi connectivity index (χ1) is 11.5. The summed E-state index contributed by atoms with van der Waals surface area (Å²) in [6.07, 6.45) is 0.0534. The number of anilines is 2. The number of carbonyl (C=O) groups excluding carboxylic acids is 3. The summed E-state index contributed by atoms with van der Waals surface area (Å²) in [6.45, 7) is 2.83. The zero-order valence-corrected chi connectivity index (χ0v) is 13.6. The van der Waals surface area contributed by atoms with E-state index < -0.39 is 6.04 Å². The summed E-state index contributed by atoms with van der Waals surface area (Å²) in [5.74, 6) is -0.841. The number of nitrogens with zero attached hydrogens (tertiary/aromatic N) is 2. The zero-order chi connectivity index (χ0) is 17.3. The molecule has 1 atom stereocenters. The lowest BCUT2D eigenvalue weighted by atomic mass is 10.0. The molecule has 0 fully saturated rings. The zero-order valence-electron chi connectivity index (χ0n) is 13.6. The molecule has 0 radical (unpaired) electrons. The standard InChI is InChI=1S/C19H18N2O3/c1-13(22)20-16-10-6-7-11-17(16)21(14(2)23)19(24)12-18(20)15-8-4-3-5-9-15/h3-11,18H,12H2,1-2H3/t18-/m0/s1. The average Bonchev–Trinajstić information content (AvgIpc) is 2.69. The molecular formula is C19H18N2O3. The van der Waals surface area contributed by atoms with Crippen LogP contribution in [0.3, 0.4) is 0 Å². The van der Waals surface area contributed by atoms with E-state index in [1.807, 2.05) is 30.3 Å². The Morgan fingerprint density at radius 2 is 1.46 bits per heavy atom. The van der Waals surface area contributed by atoms with Crippen LogP contribution in [0.25, 0.3) is 0 Å². The Labute approximate surface area is 140 Å². The van der Waals surface area contributed by atoms with Gasteiger partial charge in [0.1, 0.15) is 0 Å². The molecule has 24 heavy (non-hydrogen) atoms. The van der Waals surface area contributed by atoms with Crippen molar-refractivity contribution in [3.63, 3.8) is 0 Å². The van der Waals surface area contributed by atoms with Crippen molar-refractivity contribution < 1.29 is 14.4 Å². The first kappa shape index (κ1) is 15.9. The second-order valence-corrected chi connectivity index (χ2v) is 5.76. The van der Waals surface area contributed by atoms with Crippen LogP contribution in [0.4, 0.5) is 11.4 Å². The molecule has 0 N–H and O–H groups in total. The molecule has 0 aromatic heterocycles. The molecule has 2 aromatic rings. The third-order valence-electron chi connectivity index (χ3n) is 4.15.